The standard InChI is InChI=1S/C13H20BrN3O2S/c1-4-5-10-11(20-16-15-10)12(18)17-7-9(6-14)19-13(2,3)8-17/h9H,4-8H2,1-3H3. The van der Waals surface area contributed by atoms with Gasteiger partial charge in [-0.2, -0.15) is 0 Å². The number of hydrogen-bond donors (Lipinski definition) is 0. The highest BCUT2D eigenvalue weighted by Crippen LogP contribution is 2.25. The third-order valence-electron chi connectivity index (χ3n) is 3.18. The molecule has 1 aromatic rings. The Balaban J connectivity index is 2.17. The Morgan fingerprint density at radius 1 is 1.60 bits per heavy atom. The molecule has 1 aliphatic heterocycles. The van der Waals surface area contributed by atoms with Crippen molar-refractivity contribution in [3.05, 3.63) is 10.6 Å². The van der Waals surface area contributed by atoms with E-state index >= 15 is 0 Å². The Hall–Kier alpha value is -0.530. The second-order valence-corrected chi connectivity index (χ2v) is 7.04. The minimum atomic E-state index is -0.324. The average Bonchev–Trinajstić information content (AvgIpc) is 2.84. The molecule has 20 heavy (non-hydrogen) atoms. The Bertz CT molecular complexity index is 478. The van der Waals surface area contributed by atoms with Crippen LogP contribution < -0.4 is 0 Å². The molecular formula is C13H20BrN3O2S. The number of rotatable bonds is 4. The highest BCUT2D eigenvalue weighted by Gasteiger charge is 2.36. The molecule has 1 fully saturated rings. The molecule has 0 aromatic carbocycles. The van der Waals surface area contributed by atoms with Gasteiger partial charge in [0.05, 0.1) is 17.4 Å². The first-order valence-electron chi connectivity index (χ1n) is 6.81. The van der Waals surface area contributed by atoms with Gasteiger partial charge < -0.3 is 9.64 Å². The number of morpholine rings is 1. The van der Waals surface area contributed by atoms with E-state index in [-0.39, 0.29) is 17.6 Å². The number of ether oxygens (including phenoxy) is 1. The first kappa shape index (κ1) is 15.9. The van der Waals surface area contributed by atoms with Gasteiger partial charge >= 0.3 is 0 Å². The van der Waals surface area contributed by atoms with E-state index < -0.39 is 0 Å². The van der Waals surface area contributed by atoms with Crippen LogP contribution in [0.2, 0.25) is 0 Å². The molecule has 1 aromatic heterocycles. The van der Waals surface area contributed by atoms with E-state index in [4.69, 9.17) is 4.74 Å². The van der Waals surface area contributed by atoms with Gasteiger partial charge in [0, 0.05) is 18.4 Å². The lowest BCUT2D eigenvalue weighted by Crippen LogP contribution is -2.55. The molecule has 112 valence electrons. The third kappa shape index (κ3) is 3.56. The summed E-state index contributed by atoms with van der Waals surface area (Å²) >= 11 is 4.64. The largest absolute Gasteiger partial charge is 0.368 e. The highest BCUT2D eigenvalue weighted by atomic mass is 79.9. The maximum absolute atomic E-state index is 12.7. The number of halogens is 1. The fourth-order valence-electron chi connectivity index (χ4n) is 2.45. The fraction of sp³-hybridized carbons (Fsp3) is 0.769. The maximum Gasteiger partial charge on any atom is 0.267 e. The topological polar surface area (TPSA) is 55.3 Å². The predicted molar refractivity (Wildman–Crippen MR) is 82.6 cm³/mol. The van der Waals surface area contributed by atoms with E-state index in [0.29, 0.717) is 18.0 Å². The number of aromatic nitrogens is 2. The number of hydrogen-bond acceptors (Lipinski definition) is 5. The van der Waals surface area contributed by atoms with Crippen molar-refractivity contribution in [2.45, 2.75) is 45.3 Å². The van der Waals surface area contributed by atoms with Crippen LogP contribution in [-0.2, 0) is 11.2 Å². The highest BCUT2D eigenvalue weighted by molar-refractivity contribution is 9.09. The van der Waals surface area contributed by atoms with Crippen LogP contribution in [0.5, 0.6) is 0 Å². The molecule has 0 N–H and O–H groups in total. The smallest absolute Gasteiger partial charge is 0.267 e. The van der Waals surface area contributed by atoms with E-state index in [2.05, 4.69) is 32.4 Å². The number of carbonyl (C=O) groups is 1. The van der Waals surface area contributed by atoms with Crippen LogP contribution in [0.1, 0.15) is 42.6 Å². The van der Waals surface area contributed by atoms with E-state index in [1.807, 2.05) is 18.7 Å². The van der Waals surface area contributed by atoms with Gasteiger partial charge in [-0.1, -0.05) is 33.8 Å². The molecule has 0 spiro atoms. The Kier molecular flexibility index (Phi) is 5.14. The molecule has 0 radical (unpaired) electrons. The first-order valence-corrected chi connectivity index (χ1v) is 8.70. The second-order valence-electron chi connectivity index (χ2n) is 5.64. The molecule has 1 saturated heterocycles. The summed E-state index contributed by atoms with van der Waals surface area (Å²) in [5, 5.41) is 4.80. The summed E-state index contributed by atoms with van der Waals surface area (Å²) in [7, 11) is 0. The Morgan fingerprint density at radius 3 is 3.00 bits per heavy atom. The van der Waals surface area contributed by atoms with Crippen molar-refractivity contribution in [3.63, 3.8) is 0 Å². The maximum atomic E-state index is 12.7. The second kappa shape index (κ2) is 6.49. The number of nitrogens with zero attached hydrogens (tertiary/aromatic N) is 3. The van der Waals surface area contributed by atoms with Gasteiger partial charge in [0.25, 0.3) is 5.91 Å². The van der Waals surface area contributed by atoms with Crippen LogP contribution >= 0.6 is 27.5 Å². The van der Waals surface area contributed by atoms with Gasteiger partial charge in [0.15, 0.2) is 0 Å². The van der Waals surface area contributed by atoms with Crippen molar-refractivity contribution in [1.29, 1.82) is 0 Å². The van der Waals surface area contributed by atoms with Crippen LogP contribution in [0.4, 0.5) is 0 Å². The summed E-state index contributed by atoms with van der Waals surface area (Å²) in [6, 6.07) is 0. The molecule has 5 nitrogen and oxygen atoms in total. The van der Waals surface area contributed by atoms with Gasteiger partial charge in [-0.05, 0) is 31.8 Å². The van der Waals surface area contributed by atoms with Crippen molar-refractivity contribution in [1.82, 2.24) is 14.5 Å². The molecule has 1 aliphatic rings. The number of amides is 1. The molecule has 0 saturated carbocycles. The van der Waals surface area contributed by atoms with Crippen LogP contribution in [0.25, 0.3) is 0 Å². The van der Waals surface area contributed by atoms with Gasteiger partial charge in [0.2, 0.25) is 0 Å². The summed E-state index contributed by atoms with van der Waals surface area (Å²) in [5.74, 6) is 0.0331. The Labute approximate surface area is 132 Å². The number of carbonyl (C=O) groups excluding carboxylic acids is 1. The summed E-state index contributed by atoms with van der Waals surface area (Å²) in [4.78, 5) is 15.2. The number of alkyl halides is 1. The summed E-state index contributed by atoms with van der Waals surface area (Å²) in [5.41, 5.74) is 0.497. The number of aryl methyl sites for hydroxylation is 1. The predicted octanol–water partition coefficient (Wildman–Crippen LogP) is 2.51. The van der Waals surface area contributed by atoms with Crippen molar-refractivity contribution >= 4 is 33.4 Å². The van der Waals surface area contributed by atoms with Crippen LogP contribution in [0.15, 0.2) is 0 Å². The zero-order valence-corrected chi connectivity index (χ0v) is 14.5. The van der Waals surface area contributed by atoms with Crippen molar-refractivity contribution < 1.29 is 9.53 Å². The normalized spacial score (nSPS) is 22.0. The quantitative estimate of drug-likeness (QED) is 0.773. The molecule has 0 bridgehead atoms. The summed E-state index contributed by atoms with van der Waals surface area (Å²) in [6.45, 7) is 7.31. The molecule has 1 atom stereocenters. The van der Waals surface area contributed by atoms with Gasteiger partial charge in [0.1, 0.15) is 4.88 Å². The zero-order valence-electron chi connectivity index (χ0n) is 12.1. The lowest BCUT2D eigenvalue weighted by Gasteiger charge is -2.42. The fourth-order valence-corrected chi connectivity index (χ4v) is 3.46. The zero-order chi connectivity index (χ0) is 14.8. The van der Waals surface area contributed by atoms with E-state index in [9.17, 15) is 4.79 Å². The van der Waals surface area contributed by atoms with Crippen LogP contribution in [0, 0.1) is 0 Å². The van der Waals surface area contributed by atoms with E-state index in [1.165, 1.54) is 11.5 Å². The summed E-state index contributed by atoms with van der Waals surface area (Å²) < 4.78 is 9.87. The SMILES string of the molecule is CCCc1nnsc1C(=O)N1CC(CBr)OC(C)(C)C1. The van der Waals surface area contributed by atoms with Gasteiger partial charge in [-0.3, -0.25) is 4.79 Å². The Morgan fingerprint density at radius 2 is 2.35 bits per heavy atom. The molecule has 2 rings (SSSR count). The monoisotopic (exact) mass is 361 g/mol. The lowest BCUT2D eigenvalue weighted by molar-refractivity contribution is -0.116. The molecule has 2 heterocycles. The molecule has 1 unspecified atom stereocenters. The van der Waals surface area contributed by atoms with E-state index in [1.54, 1.807) is 0 Å². The molecular weight excluding hydrogens is 342 g/mol. The van der Waals surface area contributed by atoms with Gasteiger partial charge in [-0.15, -0.1) is 5.10 Å². The van der Waals surface area contributed by atoms with Gasteiger partial charge in [-0.25, -0.2) is 0 Å². The van der Waals surface area contributed by atoms with Crippen LogP contribution in [-0.4, -0.2) is 50.5 Å². The minimum absolute atomic E-state index is 0.0261. The van der Waals surface area contributed by atoms with Crippen molar-refractivity contribution in [2.24, 2.45) is 0 Å². The van der Waals surface area contributed by atoms with Crippen molar-refractivity contribution in [3.8, 4) is 0 Å². The molecule has 7 heteroatoms. The average molecular weight is 362 g/mol. The van der Waals surface area contributed by atoms with E-state index in [0.717, 1.165) is 23.9 Å². The minimum Gasteiger partial charge on any atom is -0.368 e. The summed E-state index contributed by atoms with van der Waals surface area (Å²) in [6.07, 6.45) is 1.79. The van der Waals surface area contributed by atoms with Crippen LogP contribution in [0.3, 0.4) is 0 Å². The first-order chi connectivity index (χ1) is 9.46. The molecule has 0 aliphatic carbocycles. The third-order valence-corrected chi connectivity index (χ3v) is 4.66. The van der Waals surface area contributed by atoms with Crippen molar-refractivity contribution in [2.75, 3.05) is 18.4 Å². The molecule has 1 amide bonds. The lowest BCUT2D eigenvalue weighted by atomic mass is 10.1.